The third-order valence-corrected chi connectivity index (χ3v) is 3.09. The fourth-order valence-electron chi connectivity index (χ4n) is 1.98. The third kappa shape index (κ3) is 3.62. The molecule has 112 valence electrons. The van der Waals surface area contributed by atoms with Gasteiger partial charge >= 0.3 is 5.97 Å². The SMILES string of the molecule is O=C(O)CC[n+]1ccc(-c2nnc3ccccc3n2)cc1.[Br-]. The van der Waals surface area contributed by atoms with Crippen LogP contribution in [0.3, 0.4) is 0 Å². The van der Waals surface area contributed by atoms with E-state index in [9.17, 15) is 4.79 Å². The minimum absolute atomic E-state index is 0. The molecule has 3 rings (SSSR count). The Hall–Kier alpha value is -2.41. The molecule has 0 bridgehead atoms. The summed E-state index contributed by atoms with van der Waals surface area (Å²) in [6.45, 7) is 0.437. The van der Waals surface area contributed by atoms with E-state index in [2.05, 4.69) is 15.2 Å². The van der Waals surface area contributed by atoms with Gasteiger partial charge in [-0.1, -0.05) is 12.1 Å². The van der Waals surface area contributed by atoms with E-state index in [1.807, 2.05) is 53.4 Å². The maximum absolute atomic E-state index is 10.5. The minimum atomic E-state index is -0.811. The second kappa shape index (κ2) is 7.04. The highest BCUT2D eigenvalue weighted by molar-refractivity contribution is 5.75. The van der Waals surface area contributed by atoms with Crippen molar-refractivity contribution >= 4 is 17.0 Å². The lowest BCUT2D eigenvalue weighted by atomic mass is 10.2. The fourth-order valence-corrected chi connectivity index (χ4v) is 1.98. The number of hydrogen-bond donors (Lipinski definition) is 1. The molecule has 0 aliphatic heterocycles. The molecule has 7 heteroatoms. The molecule has 2 aromatic heterocycles. The van der Waals surface area contributed by atoms with E-state index in [-0.39, 0.29) is 23.4 Å². The first-order valence-corrected chi connectivity index (χ1v) is 6.53. The van der Waals surface area contributed by atoms with Crippen molar-refractivity contribution in [1.82, 2.24) is 15.2 Å². The molecule has 0 aliphatic rings. The zero-order chi connectivity index (χ0) is 14.7. The topological polar surface area (TPSA) is 79.9 Å². The molecular formula is C15H13BrN4O2. The highest BCUT2D eigenvalue weighted by Gasteiger charge is 2.08. The second-order valence-corrected chi connectivity index (χ2v) is 4.59. The highest BCUT2D eigenvalue weighted by Crippen LogP contribution is 2.15. The van der Waals surface area contributed by atoms with Crippen molar-refractivity contribution < 1.29 is 31.4 Å². The van der Waals surface area contributed by atoms with Gasteiger partial charge in [0.25, 0.3) is 0 Å². The van der Waals surface area contributed by atoms with Crippen LogP contribution in [0.5, 0.6) is 0 Å². The summed E-state index contributed by atoms with van der Waals surface area (Å²) in [5, 5.41) is 16.9. The summed E-state index contributed by atoms with van der Waals surface area (Å²) in [4.78, 5) is 15.0. The number of aliphatic carboxylic acids is 1. The highest BCUT2D eigenvalue weighted by atomic mass is 79.9. The van der Waals surface area contributed by atoms with Gasteiger partial charge in [-0.25, -0.2) is 9.55 Å². The maximum atomic E-state index is 10.5. The van der Waals surface area contributed by atoms with Crippen molar-refractivity contribution in [2.75, 3.05) is 0 Å². The Morgan fingerprint density at radius 2 is 1.73 bits per heavy atom. The van der Waals surface area contributed by atoms with Crippen LogP contribution in [0.2, 0.25) is 0 Å². The van der Waals surface area contributed by atoms with Crippen molar-refractivity contribution in [3.05, 3.63) is 48.8 Å². The smallest absolute Gasteiger partial charge is 0.309 e. The van der Waals surface area contributed by atoms with Crippen LogP contribution >= 0.6 is 0 Å². The van der Waals surface area contributed by atoms with Crippen molar-refractivity contribution in [3.63, 3.8) is 0 Å². The van der Waals surface area contributed by atoms with Crippen LogP contribution in [0.25, 0.3) is 22.4 Å². The zero-order valence-corrected chi connectivity index (χ0v) is 13.1. The summed E-state index contributed by atoms with van der Waals surface area (Å²) < 4.78 is 1.81. The molecule has 1 N–H and O–H groups in total. The zero-order valence-electron chi connectivity index (χ0n) is 11.6. The molecule has 0 amide bonds. The van der Waals surface area contributed by atoms with Crippen molar-refractivity contribution in [2.45, 2.75) is 13.0 Å². The minimum Gasteiger partial charge on any atom is -1.00 e. The lowest BCUT2D eigenvalue weighted by molar-refractivity contribution is -0.695. The monoisotopic (exact) mass is 360 g/mol. The number of carboxylic acid groups (broad SMARTS) is 1. The van der Waals surface area contributed by atoms with Gasteiger partial charge in [-0.3, -0.25) is 4.79 Å². The first kappa shape index (κ1) is 16.0. The Bertz CT molecular complexity index is 793. The Kier molecular flexibility index (Phi) is 5.11. The molecule has 0 atom stereocenters. The number of rotatable bonds is 4. The lowest BCUT2D eigenvalue weighted by Gasteiger charge is -2.00. The largest absolute Gasteiger partial charge is 1.00 e. The maximum Gasteiger partial charge on any atom is 0.309 e. The number of hydrogen-bond acceptors (Lipinski definition) is 4. The Labute approximate surface area is 137 Å². The fraction of sp³-hybridized carbons (Fsp3) is 0.133. The molecule has 6 nitrogen and oxygen atoms in total. The molecule has 3 aromatic rings. The molecule has 0 saturated heterocycles. The molecule has 0 radical (unpaired) electrons. The number of fused-ring (bicyclic) bond motifs is 1. The molecule has 0 spiro atoms. The van der Waals surface area contributed by atoms with E-state index in [1.54, 1.807) is 0 Å². The van der Waals surface area contributed by atoms with Crippen molar-refractivity contribution in [2.24, 2.45) is 0 Å². The van der Waals surface area contributed by atoms with Gasteiger partial charge in [0, 0.05) is 17.7 Å². The number of nitrogens with zero attached hydrogens (tertiary/aromatic N) is 4. The number of aryl methyl sites for hydroxylation is 1. The summed E-state index contributed by atoms with van der Waals surface area (Å²) in [6.07, 6.45) is 3.73. The van der Waals surface area contributed by atoms with Gasteiger partial charge in [0.05, 0.1) is 5.52 Å². The second-order valence-electron chi connectivity index (χ2n) is 4.59. The molecule has 1 aromatic carbocycles. The van der Waals surface area contributed by atoms with E-state index < -0.39 is 5.97 Å². The number of aromatic nitrogens is 4. The van der Waals surface area contributed by atoms with Crippen LogP contribution in [0.1, 0.15) is 6.42 Å². The van der Waals surface area contributed by atoms with Crippen LogP contribution < -0.4 is 21.5 Å². The summed E-state index contributed by atoms with van der Waals surface area (Å²) in [6, 6.07) is 11.3. The van der Waals surface area contributed by atoms with E-state index in [4.69, 9.17) is 5.11 Å². The number of para-hydroxylation sites is 1. The average molecular weight is 361 g/mol. The first-order chi connectivity index (χ1) is 10.2. The molecule has 0 saturated carbocycles. The van der Waals surface area contributed by atoms with Gasteiger partial charge in [0.1, 0.15) is 11.9 Å². The predicted octanol–water partition coefficient (Wildman–Crippen LogP) is -1.54. The molecule has 22 heavy (non-hydrogen) atoms. The molecular weight excluding hydrogens is 348 g/mol. The van der Waals surface area contributed by atoms with E-state index in [1.165, 1.54) is 0 Å². The van der Waals surface area contributed by atoms with Gasteiger partial charge in [0.15, 0.2) is 24.8 Å². The molecule has 2 heterocycles. The summed E-state index contributed by atoms with van der Waals surface area (Å²) in [5.41, 5.74) is 2.40. The van der Waals surface area contributed by atoms with Crippen molar-refractivity contribution in [3.8, 4) is 11.4 Å². The Balaban J connectivity index is 0.00000176. The first-order valence-electron chi connectivity index (χ1n) is 6.53. The Morgan fingerprint density at radius 3 is 2.41 bits per heavy atom. The average Bonchev–Trinajstić information content (AvgIpc) is 2.53. The summed E-state index contributed by atoms with van der Waals surface area (Å²) in [7, 11) is 0. The van der Waals surface area contributed by atoms with E-state index in [0.717, 1.165) is 16.6 Å². The van der Waals surface area contributed by atoms with Gasteiger partial charge in [-0.15, -0.1) is 10.2 Å². The standard InChI is InChI=1S/C15H12N4O2.BrH/c20-14(21)7-10-19-8-5-11(6-9-19)15-16-12-3-1-2-4-13(12)17-18-15;/h1-6,8-9H,7,10H2;1H. The number of carbonyl (C=O) groups is 1. The van der Waals surface area contributed by atoms with Gasteiger partial charge in [-0.2, -0.15) is 0 Å². The number of benzene rings is 1. The molecule has 0 aliphatic carbocycles. The van der Waals surface area contributed by atoms with Crippen LogP contribution in [0.15, 0.2) is 48.8 Å². The number of halogens is 1. The summed E-state index contributed by atoms with van der Waals surface area (Å²) in [5.74, 6) is -0.257. The van der Waals surface area contributed by atoms with Crippen LogP contribution in [0.4, 0.5) is 0 Å². The van der Waals surface area contributed by atoms with Crippen LogP contribution in [-0.4, -0.2) is 26.3 Å². The predicted molar refractivity (Wildman–Crippen MR) is 75.2 cm³/mol. The quantitative estimate of drug-likeness (QED) is 0.570. The van der Waals surface area contributed by atoms with Crippen LogP contribution in [-0.2, 0) is 11.3 Å². The lowest BCUT2D eigenvalue weighted by Crippen LogP contribution is -3.00. The van der Waals surface area contributed by atoms with Crippen molar-refractivity contribution in [1.29, 1.82) is 0 Å². The van der Waals surface area contributed by atoms with E-state index in [0.29, 0.717) is 12.4 Å². The van der Waals surface area contributed by atoms with E-state index >= 15 is 0 Å². The molecule has 0 unspecified atom stereocenters. The number of pyridine rings is 1. The van der Waals surface area contributed by atoms with Gasteiger partial charge in [0.2, 0.25) is 0 Å². The van der Waals surface area contributed by atoms with Gasteiger partial charge < -0.3 is 22.1 Å². The summed E-state index contributed by atoms with van der Waals surface area (Å²) >= 11 is 0. The third-order valence-electron chi connectivity index (χ3n) is 3.09. The Morgan fingerprint density at radius 1 is 1.05 bits per heavy atom. The number of carboxylic acids is 1. The normalized spacial score (nSPS) is 10.2. The molecule has 0 fully saturated rings. The van der Waals surface area contributed by atoms with Gasteiger partial charge in [-0.05, 0) is 12.1 Å². The van der Waals surface area contributed by atoms with Crippen LogP contribution in [0, 0.1) is 0 Å².